The van der Waals surface area contributed by atoms with Crippen molar-refractivity contribution in [1.29, 1.82) is 5.26 Å². The molecule has 4 atom stereocenters. The summed E-state index contributed by atoms with van der Waals surface area (Å²) in [5.74, 6) is 0.0449. The van der Waals surface area contributed by atoms with Crippen molar-refractivity contribution in [3.05, 3.63) is 48.3 Å². The number of carboxylic acid groups (broad SMARTS) is 1. The van der Waals surface area contributed by atoms with Crippen LogP contribution < -0.4 is 19.4 Å². The number of nitriles is 1. The van der Waals surface area contributed by atoms with Gasteiger partial charge in [0.2, 0.25) is 0 Å². The Morgan fingerprint density at radius 1 is 1.22 bits per heavy atom. The monoisotopic (exact) mass is 494 g/mol. The first-order valence-electron chi connectivity index (χ1n) is 12.2. The molecule has 2 aliphatic rings. The summed E-state index contributed by atoms with van der Waals surface area (Å²) >= 11 is 0. The third-order valence-electron chi connectivity index (χ3n) is 6.82. The number of rotatable bonds is 8. The van der Waals surface area contributed by atoms with Gasteiger partial charge >= 0.3 is 5.97 Å². The summed E-state index contributed by atoms with van der Waals surface area (Å²) in [6.07, 6.45) is 0.597. The topological polar surface area (TPSA) is 98.4 Å². The quantitative estimate of drug-likeness (QED) is 0.568. The summed E-state index contributed by atoms with van der Waals surface area (Å²) in [4.78, 5) is 13.4. The van der Waals surface area contributed by atoms with Gasteiger partial charge in [-0.25, -0.2) is 4.39 Å². The van der Waals surface area contributed by atoms with Gasteiger partial charge in [0.15, 0.2) is 0 Å². The summed E-state index contributed by atoms with van der Waals surface area (Å²) < 4.78 is 26.3. The Bertz CT molecular complexity index is 1160. The van der Waals surface area contributed by atoms with E-state index in [1.165, 1.54) is 6.07 Å². The summed E-state index contributed by atoms with van der Waals surface area (Å²) in [7, 11) is 0. The zero-order valence-corrected chi connectivity index (χ0v) is 20.7. The van der Waals surface area contributed by atoms with Crippen molar-refractivity contribution in [2.24, 2.45) is 16.9 Å². The number of aliphatic carboxylic acids is 1. The Morgan fingerprint density at radius 2 is 1.94 bits per heavy atom. The van der Waals surface area contributed by atoms with Crippen LogP contribution in [0.1, 0.15) is 33.6 Å². The van der Waals surface area contributed by atoms with Crippen LogP contribution in [0.5, 0.6) is 11.5 Å². The maximum atomic E-state index is 14.5. The molecule has 0 bridgehead atoms. The molecule has 4 unspecified atom stereocenters. The lowest BCUT2D eigenvalue weighted by atomic mass is 9.95. The van der Waals surface area contributed by atoms with E-state index in [0.717, 1.165) is 6.42 Å². The molecule has 0 amide bonds. The first-order valence-corrected chi connectivity index (χ1v) is 12.2. The molecule has 0 aliphatic carbocycles. The fourth-order valence-electron chi connectivity index (χ4n) is 4.85. The van der Waals surface area contributed by atoms with Crippen LogP contribution in [-0.2, 0) is 4.79 Å². The molecule has 36 heavy (non-hydrogen) atoms. The van der Waals surface area contributed by atoms with Crippen LogP contribution in [-0.4, -0.2) is 48.6 Å². The van der Waals surface area contributed by atoms with Crippen molar-refractivity contribution in [1.82, 2.24) is 0 Å². The molecule has 4 rings (SSSR count). The first-order chi connectivity index (χ1) is 17.3. The highest BCUT2D eigenvalue weighted by Gasteiger charge is 2.37. The second-order valence-electron chi connectivity index (χ2n) is 9.30. The van der Waals surface area contributed by atoms with Crippen LogP contribution in [0.25, 0.3) is 0 Å². The average Bonchev–Trinajstić information content (AvgIpc) is 3.17. The zero-order chi connectivity index (χ0) is 25.8. The Kier molecular flexibility index (Phi) is 7.63. The normalized spacial score (nSPS) is 23.7. The van der Waals surface area contributed by atoms with Crippen molar-refractivity contribution in [3.8, 4) is 17.6 Å². The van der Waals surface area contributed by atoms with Gasteiger partial charge in [-0.1, -0.05) is 13.8 Å². The smallest absolute Gasteiger partial charge is 0.305 e. The number of nitrogens with zero attached hydrogens (tertiary/aromatic N) is 4. The average molecular weight is 495 g/mol. The fraction of sp³-hybridized carbons (Fsp3) is 0.444. The van der Waals surface area contributed by atoms with Crippen LogP contribution in [0, 0.1) is 29.0 Å². The highest BCUT2D eigenvalue weighted by atomic mass is 19.1. The SMILES string of the molecule is CCOc1ccc(F)c(N2CCC(Oc3ccc(N4N=C(C#N)C(C)C4CC(=O)O)cc3)C(C)C2)c1. The van der Waals surface area contributed by atoms with E-state index in [9.17, 15) is 19.6 Å². The molecule has 0 saturated carbocycles. The second-order valence-corrected chi connectivity index (χ2v) is 9.30. The molecular weight excluding hydrogens is 463 g/mol. The minimum atomic E-state index is -0.934. The largest absolute Gasteiger partial charge is 0.494 e. The van der Waals surface area contributed by atoms with E-state index < -0.39 is 12.0 Å². The van der Waals surface area contributed by atoms with Crippen molar-refractivity contribution in [2.75, 3.05) is 29.6 Å². The minimum Gasteiger partial charge on any atom is -0.494 e. The Morgan fingerprint density at radius 3 is 2.58 bits per heavy atom. The molecule has 8 nitrogen and oxygen atoms in total. The number of hydrazone groups is 1. The predicted molar refractivity (Wildman–Crippen MR) is 135 cm³/mol. The van der Waals surface area contributed by atoms with Gasteiger partial charge in [0.25, 0.3) is 0 Å². The Hall–Kier alpha value is -3.80. The summed E-state index contributed by atoms with van der Waals surface area (Å²) in [6.45, 7) is 7.66. The minimum absolute atomic E-state index is 0.0278. The molecule has 2 aromatic rings. The van der Waals surface area contributed by atoms with Crippen LogP contribution in [0.15, 0.2) is 47.6 Å². The van der Waals surface area contributed by atoms with Crippen molar-refractivity contribution < 1.29 is 23.8 Å². The molecular formula is C27H31FN4O4. The fourth-order valence-corrected chi connectivity index (χ4v) is 4.85. The number of hydrogen-bond donors (Lipinski definition) is 1. The molecule has 0 radical (unpaired) electrons. The third kappa shape index (κ3) is 5.38. The summed E-state index contributed by atoms with van der Waals surface area (Å²) in [5.41, 5.74) is 1.58. The van der Waals surface area contributed by atoms with Gasteiger partial charge < -0.3 is 19.5 Å². The number of carbonyl (C=O) groups is 1. The van der Waals surface area contributed by atoms with Crippen LogP contribution in [0.3, 0.4) is 0 Å². The second kappa shape index (κ2) is 10.9. The molecule has 1 N–H and O–H groups in total. The number of benzene rings is 2. The van der Waals surface area contributed by atoms with E-state index >= 15 is 0 Å². The highest BCUT2D eigenvalue weighted by Crippen LogP contribution is 2.33. The van der Waals surface area contributed by atoms with E-state index in [2.05, 4.69) is 18.1 Å². The molecule has 9 heteroatoms. The molecule has 190 valence electrons. The predicted octanol–water partition coefficient (Wildman–Crippen LogP) is 4.70. The third-order valence-corrected chi connectivity index (χ3v) is 6.82. The van der Waals surface area contributed by atoms with E-state index in [4.69, 9.17) is 9.47 Å². The lowest BCUT2D eigenvalue weighted by Crippen LogP contribution is -2.44. The summed E-state index contributed by atoms with van der Waals surface area (Å²) in [5, 5.41) is 24.6. The van der Waals surface area contributed by atoms with Gasteiger partial charge in [-0.2, -0.15) is 10.4 Å². The van der Waals surface area contributed by atoms with Gasteiger partial charge in [-0.05, 0) is 43.3 Å². The van der Waals surface area contributed by atoms with Crippen molar-refractivity contribution >= 4 is 23.1 Å². The lowest BCUT2D eigenvalue weighted by Gasteiger charge is -2.38. The Balaban J connectivity index is 1.41. The number of hydrogen-bond acceptors (Lipinski definition) is 7. The Labute approximate surface area is 210 Å². The number of carboxylic acids is 1. The number of halogens is 1. The number of piperidine rings is 1. The first kappa shape index (κ1) is 25.3. The van der Waals surface area contributed by atoms with Crippen LogP contribution >= 0.6 is 0 Å². The maximum Gasteiger partial charge on any atom is 0.305 e. The molecule has 2 aliphatic heterocycles. The van der Waals surface area contributed by atoms with Crippen molar-refractivity contribution in [2.45, 2.75) is 45.8 Å². The van der Waals surface area contributed by atoms with Gasteiger partial charge in [0.1, 0.15) is 35.2 Å². The van der Waals surface area contributed by atoms with Gasteiger partial charge in [0, 0.05) is 37.4 Å². The molecule has 0 spiro atoms. The molecule has 1 saturated heterocycles. The number of anilines is 2. The molecule has 2 aromatic carbocycles. The molecule has 2 heterocycles. The maximum absolute atomic E-state index is 14.5. The standard InChI is InChI=1S/C27H31FN4O4/c1-4-35-21-9-10-22(28)25(13-21)31-12-11-26(17(2)16-31)36-20-7-5-19(6-8-20)32-24(14-27(33)34)18(3)23(15-29)30-32/h5-10,13,17-18,24,26H,4,11-12,14,16H2,1-3H3,(H,33,34). The summed E-state index contributed by atoms with van der Waals surface area (Å²) in [6, 6.07) is 13.8. The van der Waals surface area contributed by atoms with Crippen LogP contribution in [0.2, 0.25) is 0 Å². The van der Waals surface area contributed by atoms with Crippen LogP contribution in [0.4, 0.5) is 15.8 Å². The van der Waals surface area contributed by atoms with E-state index in [-0.39, 0.29) is 30.2 Å². The lowest BCUT2D eigenvalue weighted by molar-refractivity contribution is -0.137. The zero-order valence-electron chi connectivity index (χ0n) is 20.7. The highest BCUT2D eigenvalue weighted by molar-refractivity contribution is 6.03. The number of ether oxygens (including phenoxy) is 2. The van der Waals surface area contributed by atoms with Gasteiger partial charge in [-0.3, -0.25) is 9.80 Å². The van der Waals surface area contributed by atoms with Gasteiger partial charge in [0.05, 0.1) is 30.4 Å². The van der Waals surface area contributed by atoms with E-state index in [1.807, 2.05) is 43.0 Å². The van der Waals surface area contributed by atoms with E-state index in [0.29, 0.717) is 48.3 Å². The molecule has 0 aromatic heterocycles. The molecule has 1 fully saturated rings. The van der Waals surface area contributed by atoms with Crippen molar-refractivity contribution in [3.63, 3.8) is 0 Å². The van der Waals surface area contributed by atoms with E-state index in [1.54, 1.807) is 17.1 Å². The van der Waals surface area contributed by atoms with Gasteiger partial charge in [-0.15, -0.1) is 0 Å².